The third-order valence-electron chi connectivity index (χ3n) is 4.34. The average molecular weight is 385 g/mol. The molecule has 1 aliphatic heterocycles. The predicted octanol–water partition coefficient (Wildman–Crippen LogP) is 3.83. The quantitative estimate of drug-likeness (QED) is 0.447. The minimum atomic E-state index is -0.858. The minimum absolute atomic E-state index is 0.369. The van der Waals surface area contributed by atoms with E-state index in [0.717, 1.165) is 24.1 Å². The topological polar surface area (TPSA) is 62.1 Å². The van der Waals surface area contributed by atoms with Gasteiger partial charge in [0.05, 0.1) is 5.02 Å². The number of carboxylic acid groups (broad SMARTS) is 1. The van der Waals surface area contributed by atoms with Gasteiger partial charge < -0.3 is 9.94 Å². The summed E-state index contributed by atoms with van der Waals surface area (Å²) in [7, 11) is 0. The summed E-state index contributed by atoms with van der Waals surface area (Å²) >= 11 is 6.34. The first-order chi connectivity index (χ1) is 13.1. The molecule has 0 bridgehead atoms. The normalized spacial score (nSPS) is 15.3. The van der Waals surface area contributed by atoms with E-state index in [-0.39, 0.29) is 0 Å². The van der Waals surface area contributed by atoms with Crippen LogP contribution in [-0.4, -0.2) is 47.9 Å². The van der Waals surface area contributed by atoms with Gasteiger partial charge in [-0.15, -0.1) is 0 Å². The van der Waals surface area contributed by atoms with Crippen LogP contribution in [0.3, 0.4) is 0 Å². The molecule has 0 spiro atoms. The lowest BCUT2D eigenvalue weighted by Gasteiger charge is -2.24. The number of hydrogen-bond acceptors (Lipinski definition) is 4. The maximum Gasteiger partial charge on any atom is 0.332 e. The van der Waals surface area contributed by atoms with Gasteiger partial charge in [-0.3, -0.25) is 4.90 Å². The molecule has 3 rings (SSSR count). The van der Waals surface area contributed by atoms with E-state index in [4.69, 9.17) is 21.5 Å². The molecular weight excluding hydrogens is 364 g/mol. The van der Waals surface area contributed by atoms with Gasteiger partial charge in [0.15, 0.2) is 0 Å². The van der Waals surface area contributed by atoms with Crippen molar-refractivity contribution in [2.75, 3.05) is 26.2 Å². The molecule has 0 radical (unpaired) electrons. The number of oxime groups is 1. The van der Waals surface area contributed by atoms with Gasteiger partial charge in [0.1, 0.15) is 12.3 Å². The van der Waals surface area contributed by atoms with Crippen molar-refractivity contribution in [3.05, 3.63) is 82.4 Å². The molecule has 140 valence electrons. The number of carbonyl (C=O) groups is 1. The van der Waals surface area contributed by atoms with Gasteiger partial charge in [0.25, 0.3) is 0 Å². The Balaban J connectivity index is 1.67. The van der Waals surface area contributed by atoms with E-state index < -0.39 is 5.97 Å². The highest BCUT2D eigenvalue weighted by Crippen LogP contribution is 2.20. The molecule has 0 amide bonds. The lowest BCUT2D eigenvalue weighted by molar-refractivity contribution is -0.133. The van der Waals surface area contributed by atoms with Gasteiger partial charge in [-0.2, -0.15) is 0 Å². The molecule has 27 heavy (non-hydrogen) atoms. The molecule has 2 aromatic carbocycles. The van der Waals surface area contributed by atoms with E-state index in [0.29, 0.717) is 36.0 Å². The summed E-state index contributed by atoms with van der Waals surface area (Å²) in [5, 5.41) is 14.1. The summed E-state index contributed by atoms with van der Waals surface area (Å²) in [5.74, 6) is -0.858. The first kappa shape index (κ1) is 19.1. The molecule has 0 saturated heterocycles. The first-order valence-corrected chi connectivity index (χ1v) is 9.18. The van der Waals surface area contributed by atoms with Crippen LogP contribution in [0, 0.1) is 0 Å². The summed E-state index contributed by atoms with van der Waals surface area (Å²) in [5.41, 5.74) is 2.83. The van der Waals surface area contributed by atoms with Gasteiger partial charge >= 0.3 is 5.97 Å². The monoisotopic (exact) mass is 384 g/mol. The maximum absolute atomic E-state index is 11.1. The van der Waals surface area contributed by atoms with Crippen LogP contribution in [0.5, 0.6) is 0 Å². The van der Waals surface area contributed by atoms with Crippen molar-refractivity contribution in [1.82, 2.24) is 4.90 Å². The summed E-state index contributed by atoms with van der Waals surface area (Å²) in [6, 6.07) is 17.3. The summed E-state index contributed by atoms with van der Waals surface area (Å²) in [6.45, 7) is 2.23. The molecule has 0 atom stereocenters. The van der Waals surface area contributed by atoms with E-state index in [1.165, 1.54) is 0 Å². The molecule has 0 aromatic heterocycles. The molecule has 0 aliphatic carbocycles. The number of aliphatic carboxylic acids is 1. The number of hydrogen-bond donors (Lipinski definition) is 1. The highest BCUT2D eigenvalue weighted by Gasteiger charge is 2.17. The predicted molar refractivity (Wildman–Crippen MR) is 106 cm³/mol. The summed E-state index contributed by atoms with van der Waals surface area (Å²) in [6.07, 6.45) is 2.52. The zero-order valence-electron chi connectivity index (χ0n) is 14.8. The van der Waals surface area contributed by atoms with Gasteiger partial charge in [-0.1, -0.05) is 71.4 Å². The fourth-order valence-corrected chi connectivity index (χ4v) is 3.16. The fraction of sp³-hybridized carbons (Fsp3) is 0.238. The fourth-order valence-electron chi connectivity index (χ4n) is 2.94. The number of halogens is 1. The van der Waals surface area contributed by atoms with Crippen LogP contribution in [0.25, 0.3) is 0 Å². The Morgan fingerprint density at radius 1 is 1.15 bits per heavy atom. The second-order valence-corrected chi connectivity index (χ2v) is 6.63. The zero-order chi connectivity index (χ0) is 19.1. The molecule has 0 saturated carbocycles. The SMILES string of the molecule is O=C(O)C1=CCCN(CCO/N=C(/c2ccccc2)c2ccccc2Cl)C1. The molecular formula is C21H21ClN2O3. The van der Waals surface area contributed by atoms with Crippen molar-refractivity contribution in [2.45, 2.75) is 6.42 Å². The third kappa shape index (κ3) is 5.18. The van der Waals surface area contributed by atoms with Gasteiger partial charge in [-0.25, -0.2) is 4.79 Å². The van der Waals surface area contributed by atoms with E-state index in [1.54, 1.807) is 6.08 Å². The van der Waals surface area contributed by atoms with Crippen molar-refractivity contribution >= 4 is 23.3 Å². The van der Waals surface area contributed by atoms with E-state index >= 15 is 0 Å². The molecule has 5 nitrogen and oxygen atoms in total. The minimum Gasteiger partial charge on any atom is -0.478 e. The number of rotatable bonds is 7. The van der Waals surface area contributed by atoms with Crippen LogP contribution >= 0.6 is 11.6 Å². The van der Waals surface area contributed by atoms with E-state index in [9.17, 15) is 4.79 Å². The van der Waals surface area contributed by atoms with Crippen LogP contribution in [0.2, 0.25) is 5.02 Å². The standard InChI is InChI=1S/C21H21ClN2O3/c22-19-11-5-4-10-18(19)20(16-7-2-1-3-8-16)23-27-14-13-24-12-6-9-17(15-24)21(25)26/h1-5,7-11H,6,12-15H2,(H,25,26)/b23-20-. The maximum atomic E-state index is 11.1. The van der Waals surface area contributed by atoms with Crippen molar-refractivity contribution in [3.63, 3.8) is 0 Å². The second kappa shape index (κ2) is 9.35. The molecule has 1 heterocycles. The Labute approximate surface area is 163 Å². The lowest BCUT2D eigenvalue weighted by atomic mass is 10.0. The van der Waals surface area contributed by atoms with Crippen molar-refractivity contribution in [2.24, 2.45) is 5.16 Å². The first-order valence-electron chi connectivity index (χ1n) is 8.80. The average Bonchev–Trinajstić information content (AvgIpc) is 2.70. The second-order valence-electron chi connectivity index (χ2n) is 6.22. The molecule has 1 aliphatic rings. The Kier molecular flexibility index (Phi) is 6.63. The largest absolute Gasteiger partial charge is 0.478 e. The molecule has 0 unspecified atom stereocenters. The van der Waals surface area contributed by atoms with Crippen LogP contribution in [0.15, 0.2) is 71.4 Å². The van der Waals surface area contributed by atoms with Crippen LogP contribution in [0.1, 0.15) is 17.5 Å². The number of benzene rings is 2. The van der Waals surface area contributed by atoms with Gasteiger partial charge in [0, 0.05) is 36.3 Å². The van der Waals surface area contributed by atoms with Crippen LogP contribution in [0.4, 0.5) is 0 Å². The Bertz CT molecular complexity index is 850. The van der Waals surface area contributed by atoms with Crippen molar-refractivity contribution in [1.29, 1.82) is 0 Å². The van der Waals surface area contributed by atoms with E-state index in [1.807, 2.05) is 54.6 Å². The Morgan fingerprint density at radius 3 is 2.63 bits per heavy atom. The van der Waals surface area contributed by atoms with Crippen LogP contribution < -0.4 is 0 Å². The van der Waals surface area contributed by atoms with Crippen molar-refractivity contribution < 1.29 is 14.7 Å². The highest BCUT2D eigenvalue weighted by atomic mass is 35.5. The Hall–Kier alpha value is -2.63. The summed E-state index contributed by atoms with van der Waals surface area (Å²) < 4.78 is 0. The molecule has 2 aromatic rings. The number of nitrogens with zero attached hydrogens (tertiary/aromatic N) is 2. The third-order valence-corrected chi connectivity index (χ3v) is 4.67. The highest BCUT2D eigenvalue weighted by molar-refractivity contribution is 6.35. The summed E-state index contributed by atoms with van der Waals surface area (Å²) in [4.78, 5) is 18.7. The Morgan fingerprint density at radius 2 is 1.89 bits per heavy atom. The zero-order valence-corrected chi connectivity index (χ0v) is 15.6. The van der Waals surface area contributed by atoms with Gasteiger partial charge in [0.2, 0.25) is 0 Å². The van der Waals surface area contributed by atoms with Gasteiger partial charge in [-0.05, 0) is 12.5 Å². The lowest BCUT2D eigenvalue weighted by Crippen LogP contribution is -2.34. The van der Waals surface area contributed by atoms with Crippen molar-refractivity contribution in [3.8, 4) is 0 Å². The number of carboxylic acids is 1. The van der Waals surface area contributed by atoms with E-state index in [2.05, 4.69) is 10.1 Å². The smallest absolute Gasteiger partial charge is 0.332 e. The molecule has 1 N–H and O–H groups in total. The van der Waals surface area contributed by atoms with Crippen LogP contribution in [-0.2, 0) is 9.63 Å². The molecule has 0 fully saturated rings. The molecule has 6 heteroatoms.